The molecule has 0 aliphatic heterocycles. The van der Waals surface area contributed by atoms with Crippen LogP contribution in [0.3, 0.4) is 0 Å². The Labute approximate surface area is 191 Å². The Bertz CT molecular complexity index is 1460. The van der Waals surface area contributed by atoms with Crippen LogP contribution in [0, 0.1) is 6.92 Å². The molecule has 5 nitrogen and oxygen atoms in total. The Kier molecular flexibility index (Phi) is 6.09. The molecule has 32 heavy (non-hydrogen) atoms. The highest BCUT2D eigenvalue weighted by molar-refractivity contribution is 7.91. The van der Waals surface area contributed by atoms with Crippen LogP contribution in [0.1, 0.15) is 18.1 Å². The van der Waals surface area contributed by atoms with Crippen LogP contribution < -0.4 is 10.2 Å². The van der Waals surface area contributed by atoms with Crippen LogP contribution in [0.4, 0.5) is 0 Å². The molecule has 0 fully saturated rings. The van der Waals surface area contributed by atoms with E-state index in [2.05, 4.69) is 0 Å². The number of aryl methyl sites for hydroxylation is 1. The van der Waals surface area contributed by atoms with Gasteiger partial charge in [-0.05, 0) is 61.9 Å². The highest BCUT2D eigenvalue weighted by Gasteiger charge is 2.24. The van der Waals surface area contributed by atoms with Crippen molar-refractivity contribution in [1.82, 2.24) is 4.57 Å². The molecule has 0 aliphatic rings. The monoisotopic (exact) mass is 467 g/mol. The summed E-state index contributed by atoms with van der Waals surface area (Å²) in [5.41, 5.74) is 2.17. The molecule has 0 saturated heterocycles. The van der Waals surface area contributed by atoms with Crippen LogP contribution in [-0.4, -0.2) is 19.6 Å². The van der Waals surface area contributed by atoms with E-state index in [0.717, 1.165) is 11.1 Å². The van der Waals surface area contributed by atoms with Gasteiger partial charge in [0, 0.05) is 17.8 Å². The Balaban J connectivity index is 1.97. The first-order valence-corrected chi connectivity index (χ1v) is 12.0. The number of hydrogen-bond donors (Lipinski definition) is 0. The number of aromatic nitrogens is 1. The number of pyridine rings is 1. The molecule has 0 bridgehead atoms. The number of hydrogen-bond acceptors (Lipinski definition) is 4. The topological polar surface area (TPSA) is 65.4 Å². The first-order chi connectivity index (χ1) is 15.3. The molecule has 0 N–H and O–H groups in total. The van der Waals surface area contributed by atoms with Crippen molar-refractivity contribution in [2.45, 2.75) is 30.2 Å². The van der Waals surface area contributed by atoms with Crippen molar-refractivity contribution in [2.75, 3.05) is 6.61 Å². The summed E-state index contributed by atoms with van der Waals surface area (Å²) >= 11 is 5.92. The molecular weight excluding hydrogens is 446 g/mol. The summed E-state index contributed by atoms with van der Waals surface area (Å²) in [6, 6.07) is 18.9. The van der Waals surface area contributed by atoms with E-state index in [1.165, 1.54) is 30.5 Å². The van der Waals surface area contributed by atoms with E-state index in [4.69, 9.17) is 16.3 Å². The minimum absolute atomic E-state index is 0.0152. The minimum Gasteiger partial charge on any atom is -0.494 e. The van der Waals surface area contributed by atoms with Crippen molar-refractivity contribution in [3.63, 3.8) is 0 Å². The average molecular weight is 468 g/mol. The third-order valence-corrected chi connectivity index (χ3v) is 7.19. The highest BCUT2D eigenvalue weighted by atomic mass is 35.5. The predicted molar refractivity (Wildman–Crippen MR) is 127 cm³/mol. The molecule has 4 rings (SSSR count). The molecule has 0 atom stereocenters. The Hall–Kier alpha value is -3.09. The Morgan fingerprint density at radius 3 is 2.44 bits per heavy atom. The second-order valence-corrected chi connectivity index (χ2v) is 9.86. The number of rotatable bonds is 6. The summed E-state index contributed by atoms with van der Waals surface area (Å²) in [7, 11) is -4.06. The lowest BCUT2D eigenvalue weighted by Gasteiger charge is -2.15. The average Bonchev–Trinajstić information content (AvgIpc) is 2.76. The van der Waals surface area contributed by atoms with Gasteiger partial charge in [0.1, 0.15) is 10.6 Å². The predicted octanol–water partition coefficient (Wildman–Crippen LogP) is 5.24. The Morgan fingerprint density at radius 2 is 1.75 bits per heavy atom. The van der Waals surface area contributed by atoms with Gasteiger partial charge in [0.25, 0.3) is 0 Å². The third-order valence-electron chi connectivity index (χ3n) is 5.18. The van der Waals surface area contributed by atoms with Crippen molar-refractivity contribution in [3.05, 3.63) is 99.3 Å². The smallest absolute Gasteiger partial charge is 0.211 e. The maximum atomic E-state index is 13.4. The second-order valence-electron chi connectivity index (χ2n) is 7.51. The zero-order valence-corrected chi connectivity index (χ0v) is 19.3. The summed E-state index contributed by atoms with van der Waals surface area (Å²) in [5.74, 6) is 0.514. The van der Waals surface area contributed by atoms with Crippen LogP contribution in [0.15, 0.2) is 87.5 Å². The van der Waals surface area contributed by atoms with Gasteiger partial charge in [-0.15, -0.1) is 0 Å². The maximum absolute atomic E-state index is 13.4. The van der Waals surface area contributed by atoms with Crippen molar-refractivity contribution in [3.8, 4) is 5.75 Å². The maximum Gasteiger partial charge on any atom is 0.211 e. The standard InChI is InChI=1S/C25H22ClNO4S/c1-3-31-20-9-12-23-22(14-20)25(28)24(32(29,30)21-10-7-19(26)8-11-21)16-27(23)15-18-6-4-5-17(2)13-18/h4-14,16H,3,15H2,1-2H3. The summed E-state index contributed by atoms with van der Waals surface area (Å²) in [6.45, 7) is 4.70. The van der Waals surface area contributed by atoms with Gasteiger partial charge < -0.3 is 9.30 Å². The number of fused-ring (bicyclic) bond motifs is 1. The van der Waals surface area contributed by atoms with Gasteiger partial charge in [-0.2, -0.15) is 0 Å². The fourth-order valence-electron chi connectivity index (χ4n) is 3.68. The van der Waals surface area contributed by atoms with Gasteiger partial charge in [-0.25, -0.2) is 8.42 Å². The molecule has 164 valence electrons. The minimum atomic E-state index is -4.06. The first kappa shape index (κ1) is 22.1. The van der Waals surface area contributed by atoms with Crippen molar-refractivity contribution >= 4 is 32.3 Å². The number of halogens is 1. The fraction of sp³-hybridized carbons (Fsp3) is 0.160. The second kappa shape index (κ2) is 8.81. The molecule has 1 heterocycles. The molecular formula is C25H22ClNO4S. The largest absolute Gasteiger partial charge is 0.494 e. The van der Waals surface area contributed by atoms with E-state index in [1.54, 1.807) is 22.8 Å². The molecule has 3 aromatic carbocycles. The molecule has 7 heteroatoms. The van der Waals surface area contributed by atoms with E-state index >= 15 is 0 Å². The SMILES string of the molecule is CCOc1ccc2c(c1)c(=O)c(S(=O)(=O)c1ccc(Cl)cc1)cn2Cc1cccc(C)c1. The number of benzene rings is 3. The molecule has 1 aromatic heterocycles. The number of nitrogens with zero attached hydrogens (tertiary/aromatic N) is 1. The first-order valence-electron chi connectivity index (χ1n) is 10.2. The lowest BCUT2D eigenvalue weighted by Crippen LogP contribution is -2.19. The van der Waals surface area contributed by atoms with Crippen molar-refractivity contribution < 1.29 is 13.2 Å². The van der Waals surface area contributed by atoms with Crippen molar-refractivity contribution in [1.29, 1.82) is 0 Å². The quantitative estimate of drug-likeness (QED) is 0.389. The highest BCUT2D eigenvalue weighted by Crippen LogP contribution is 2.25. The van der Waals surface area contributed by atoms with E-state index in [1.807, 2.05) is 38.1 Å². The van der Waals surface area contributed by atoms with Gasteiger partial charge in [-0.1, -0.05) is 41.4 Å². The number of ether oxygens (including phenoxy) is 1. The molecule has 0 aliphatic carbocycles. The Morgan fingerprint density at radius 1 is 1.00 bits per heavy atom. The lowest BCUT2D eigenvalue weighted by atomic mass is 10.1. The molecule has 0 spiro atoms. The van der Waals surface area contributed by atoms with Gasteiger partial charge in [0.2, 0.25) is 15.3 Å². The van der Waals surface area contributed by atoms with Gasteiger partial charge >= 0.3 is 0 Å². The fourth-order valence-corrected chi connectivity index (χ4v) is 5.17. The van der Waals surface area contributed by atoms with Gasteiger partial charge in [-0.3, -0.25) is 4.79 Å². The van der Waals surface area contributed by atoms with Crippen LogP contribution in [0.5, 0.6) is 5.75 Å². The molecule has 4 aromatic rings. The lowest BCUT2D eigenvalue weighted by molar-refractivity contribution is 0.340. The van der Waals surface area contributed by atoms with Crippen molar-refractivity contribution in [2.24, 2.45) is 0 Å². The zero-order valence-electron chi connectivity index (χ0n) is 17.7. The normalized spacial score (nSPS) is 11.6. The zero-order chi connectivity index (χ0) is 22.9. The molecule has 0 amide bonds. The summed E-state index contributed by atoms with van der Waals surface area (Å²) < 4.78 is 34.1. The van der Waals surface area contributed by atoms with Crippen LogP contribution >= 0.6 is 11.6 Å². The summed E-state index contributed by atoms with van der Waals surface area (Å²) in [5, 5.41) is 0.708. The van der Waals surface area contributed by atoms with Crippen LogP contribution in [0.2, 0.25) is 5.02 Å². The molecule has 0 saturated carbocycles. The summed E-state index contributed by atoms with van der Waals surface area (Å²) in [6.07, 6.45) is 1.43. The van der Waals surface area contributed by atoms with Gasteiger partial charge in [0.05, 0.1) is 22.4 Å². The molecule has 0 radical (unpaired) electrons. The van der Waals surface area contributed by atoms with Crippen LogP contribution in [-0.2, 0) is 16.4 Å². The molecule has 0 unspecified atom stereocenters. The van der Waals surface area contributed by atoms with E-state index in [-0.39, 0.29) is 9.79 Å². The van der Waals surface area contributed by atoms with E-state index in [0.29, 0.717) is 34.8 Å². The van der Waals surface area contributed by atoms with E-state index in [9.17, 15) is 13.2 Å². The van der Waals surface area contributed by atoms with Crippen LogP contribution in [0.25, 0.3) is 10.9 Å². The number of sulfone groups is 1. The summed E-state index contributed by atoms with van der Waals surface area (Å²) in [4.78, 5) is 13.1. The van der Waals surface area contributed by atoms with E-state index < -0.39 is 15.3 Å². The third kappa shape index (κ3) is 4.29. The van der Waals surface area contributed by atoms with Gasteiger partial charge in [0.15, 0.2) is 0 Å².